The van der Waals surface area contributed by atoms with E-state index in [1.54, 1.807) is 56.7 Å². The number of methoxy groups -OCH3 is 2. The molecule has 0 aliphatic carbocycles. The van der Waals surface area contributed by atoms with Gasteiger partial charge in [0.1, 0.15) is 16.7 Å². The van der Waals surface area contributed by atoms with Crippen molar-refractivity contribution in [3.05, 3.63) is 64.6 Å². The van der Waals surface area contributed by atoms with E-state index >= 15 is 0 Å². The third-order valence-electron chi connectivity index (χ3n) is 3.36. The fraction of sp³-hybridized carbons (Fsp3) is 0.167. The Hall–Kier alpha value is -2.62. The Morgan fingerprint density at radius 3 is 2.46 bits per heavy atom. The first-order valence-corrected chi connectivity index (χ1v) is 8.59. The fourth-order valence-electron chi connectivity index (χ4n) is 2.20. The van der Waals surface area contributed by atoms with Crippen molar-refractivity contribution in [1.29, 1.82) is 5.26 Å². The van der Waals surface area contributed by atoms with Crippen LogP contribution < -0.4 is 4.74 Å². The number of hydrogen-bond acceptors (Lipinski definition) is 5. The van der Waals surface area contributed by atoms with E-state index in [0.29, 0.717) is 17.9 Å². The summed E-state index contributed by atoms with van der Waals surface area (Å²) in [5.74, 6) is 0.637. The lowest BCUT2D eigenvalue weighted by Crippen LogP contribution is -2.03. The van der Waals surface area contributed by atoms with Crippen molar-refractivity contribution in [1.82, 2.24) is 0 Å². The molecule has 124 valence electrons. The molecular weight excluding hydrogens is 326 g/mol. The van der Waals surface area contributed by atoms with E-state index in [0.717, 1.165) is 5.56 Å². The molecule has 2 rings (SSSR count). The summed E-state index contributed by atoms with van der Waals surface area (Å²) < 4.78 is 35.5. The molecule has 2 aromatic rings. The highest BCUT2D eigenvalue weighted by Gasteiger charge is 2.20. The molecule has 0 fully saturated rings. The van der Waals surface area contributed by atoms with Crippen LogP contribution >= 0.6 is 0 Å². The van der Waals surface area contributed by atoms with E-state index in [1.165, 1.54) is 18.2 Å². The number of benzene rings is 2. The van der Waals surface area contributed by atoms with Crippen molar-refractivity contribution >= 4 is 15.9 Å². The SMILES string of the molecule is COCc1cc(/C=C(\C#N)S(=O)(=O)c2ccccc2)ccc1OC. The van der Waals surface area contributed by atoms with Crippen molar-refractivity contribution in [2.24, 2.45) is 0 Å². The van der Waals surface area contributed by atoms with Gasteiger partial charge in [0.05, 0.1) is 18.6 Å². The van der Waals surface area contributed by atoms with Gasteiger partial charge in [0.2, 0.25) is 9.84 Å². The van der Waals surface area contributed by atoms with Crippen molar-refractivity contribution in [2.75, 3.05) is 14.2 Å². The zero-order valence-corrected chi connectivity index (χ0v) is 14.2. The summed E-state index contributed by atoms with van der Waals surface area (Å²) in [7, 11) is -0.748. The molecule has 0 unspecified atom stereocenters. The molecule has 0 atom stereocenters. The van der Waals surface area contributed by atoms with Crippen LogP contribution in [-0.2, 0) is 21.2 Å². The molecule has 5 nitrogen and oxygen atoms in total. The van der Waals surface area contributed by atoms with Gasteiger partial charge >= 0.3 is 0 Å². The minimum absolute atomic E-state index is 0.0865. The van der Waals surface area contributed by atoms with Gasteiger partial charge in [0, 0.05) is 12.7 Å². The smallest absolute Gasteiger partial charge is 0.216 e. The van der Waals surface area contributed by atoms with E-state index in [-0.39, 0.29) is 9.80 Å². The first-order valence-electron chi connectivity index (χ1n) is 7.10. The molecule has 24 heavy (non-hydrogen) atoms. The standard InChI is InChI=1S/C18H17NO4S/c1-22-13-15-10-14(8-9-18(15)23-2)11-17(12-19)24(20,21)16-6-4-3-5-7-16/h3-11H,13H2,1-2H3/b17-11+. The van der Waals surface area contributed by atoms with Crippen LogP contribution in [0, 0.1) is 11.3 Å². The molecule has 2 aromatic carbocycles. The predicted molar refractivity (Wildman–Crippen MR) is 90.9 cm³/mol. The van der Waals surface area contributed by atoms with Crippen molar-refractivity contribution < 1.29 is 17.9 Å². The van der Waals surface area contributed by atoms with Gasteiger partial charge in [0.15, 0.2) is 0 Å². The molecule has 0 amide bonds. The number of nitrogens with zero attached hydrogens (tertiary/aromatic N) is 1. The average Bonchev–Trinajstić information content (AvgIpc) is 2.60. The van der Waals surface area contributed by atoms with E-state index in [2.05, 4.69) is 0 Å². The monoisotopic (exact) mass is 343 g/mol. The van der Waals surface area contributed by atoms with Crippen LogP contribution in [0.15, 0.2) is 58.3 Å². The maximum atomic E-state index is 12.6. The molecule has 0 aliphatic rings. The van der Waals surface area contributed by atoms with Crippen LogP contribution in [0.5, 0.6) is 5.75 Å². The quantitative estimate of drug-likeness (QED) is 0.753. The van der Waals surface area contributed by atoms with Crippen molar-refractivity contribution in [3.8, 4) is 11.8 Å². The Morgan fingerprint density at radius 1 is 1.17 bits per heavy atom. The molecule has 0 spiro atoms. The fourth-order valence-corrected chi connectivity index (χ4v) is 3.39. The second-order valence-electron chi connectivity index (χ2n) is 4.94. The van der Waals surface area contributed by atoms with Crippen molar-refractivity contribution in [2.45, 2.75) is 11.5 Å². The summed E-state index contributed by atoms with van der Waals surface area (Å²) in [5.41, 5.74) is 1.35. The Bertz CT molecular complexity index is 881. The summed E-state index contributed by atoms with van der Waals surface area (Å²) >= 11 is 0. The van der Waals surface area contributed by atoms with Gasteiger partial charge in [-0.3, -0.25) is 0 Å². The number of ether oxygens (including phenoxy) is 2. The molecule has 0 heterocycles. The highest BCUT2D eigenvalue weighted by Crippen LogP contribution is 2.25. The molecule has 0 bridgehead atoms. The number of sulfone groups is 1. The van der Waals surface area contributed by atoms with Crippen LogP contribution in [0.1, 0.15) is 11.1 Å². The highest BCUT2D eigenvalue weighted by atomic mass is 32.2. The van der Waals surface area contributed by atoms with Crippen LogP contribution in [-0.4, -0.2) is 22.6 Å². The zero-order valence-electron chi connectivity index (χ0n) is 13.4. The topological polar surface area (TPSA) is 76.4 Å². The minimum Gasteiger partial charge on any atom is -0.496 e. The number of nitriles is 1. The summed E-state index contributed by atoms with van der Waals surface area (Å²) in [4.78, 5) is -0.231. The number of hydrogen-bond donors (Lipinski definition) is 0. The Labute approximate surface area is 141 Å². The maximum Gasteiger partial charge on any atom is 0.216 e. The molecule has 0 aliphatic heterocycles. The Morgan fingerprint density at radius 2 is 1.88 bits per heavy atom. The van der Waals surface area contributed by atoms with Crippen LogP contribution in [0.25, 0.3) is 6.08 Å². The molecule has 0 saturated carbocycles. The van der Waals surface area contributed by atoms with Gasteiger partial charge in [-0.25, -0.2) is 8.42 Å². The second kappa shape index (κ2) is 7.77. The van der Waals surface area contributed by atoms with Crippen LogP contribution in [0.4, 0.5) is 0 Å². The minimum atomic E-state index is -3.85. The zero-order chi connectivity index (χ0) is 17.6. The average molecular weight is 343 g/mol. The van der Waals surface area contributed by atoms with Gasteiger partial charge in [-0.1, -0.05) is 24.3 Å². The first kappa shape index (κ1) is 17.7. The molecule has 0 aromatic heterocycles. The lowest BCUT2D eigenvalue weighted by Gasteiger charge is -2.09. The van der Waals surface area contributed by atoms with Gasteiger partial charge in [-0.2, -0.15) is 5.26 Å². The number of rotatable bonds is 6. The summed E-state index contributed by atoms with van der Waals surface area (Å²) in [6.07, 6.45) is 1.35. The third-order valence-corrected chi connectivity index (χ3v) is 5.04. The lowest BCUT2D eigenvalue weighted by molar-refractivity contribution is 0.181. The molecular formula is C18H17NO4S. The normalized spacial score (nSPS) is 11.8. The van der Waals surface area contributed by atoms with Crippen molar-refractivity contribution in [3.63, 3.8) is 0 Å². The maximum absolute atomic E-state index is 12.6. The Balaban J connectivity index is 2.48. The highest BCUT2D eigenvalue weighted by molar-refractivity contribution is 7.95. The molecule has 0 saturated heterocycles. The second-order valence-corrected chi connectivity index (χ2v) is 6.86. The van der Waals surface area contributed by atoms with Crippen LogP contribution in [0.2, 0.25) is 0 Å². The van der Waals surface area contributed by atoms with Crippen LogP contribution in [0.3, 0.4) is 0 Å². The first-order chi connectivity index (χ1) is 11.5. The van der Waals surface area contributed by atoms with E-state index in [9.17, 15) is 13.7 Å². The van der Waals surface area contributed by atoms with E-state index < -0.39 is 9.84 Å². The summed E-state index contributed by atoms with van der Waals surface area (Å²) in [6, 6.07) is 14.8. The summed E-state index contributed by atoms with van der Waals surface area (Å²) in [5, 5.41) is 9.31. The summed E-state index contributed by atoms with van der Waals surface area (Å²) in [6.45, 7) is 0.318. The number of allylic oxidation sites excluding steroid dienone is 1. The molecule has 0 N–H and O–H groups in total. The molecule has 6 heteroatoms. The molecule has 0 radical (unpaired) electrons. The lowest BCUT2D eigenvalue weighted by atomic mass is 10.1. The van der Waals surface area contributed by atoms with E-state index in [1.807, 2.05) is 0 Å². The van der Waals surface area contributed by atoms with Gasteiger partial charge < -0.3 is 9.47 Å². The third kappa shape index (κ3) is 3.82. The van der Waals surface area contributed by atoms with E-state index in [4.69, 9.17) is 9.47 Å². The Kier molecular flexibility index (Phi) is 5.74. The van der Waals surface area contributed by atoms with Gasteiger partial charge in [-0.15, -0.1) is 0 Å². The predicted octanol–water partition coefficient (Wildman–Crippen LogP) is 3.18. The van der Waals surface area contributed by atoms with Gasteiger partial charge in [0.25, 0.3) is 0 Å². The largest absolute Gasteiger partial charge is 0.496 e. The van der Waals surface area contributed by atoms with Gasteiger partial charge in [-0.05, 0) is 35.9 Å².